The molecular formula is C26H25O2Sb. The second kappa shape index (κ2) is 10.1. The second-order valence-electron chi connectivity index (χ2n) is 6.73. The molecule has 0 aliphatic heterocycles. The summed E-state index contributed by atoms with van der Waals surface area (Å²) in [7, 11) is 0. The molecule has 0 saturated carbocycles. The molecule has 0 aromatic heterocycles. The van der Waals surface area contributed by atoms with Gasteiger partial charge in [-0.1, -0.05) is 0 Å². The Bertz CT molecular complexity index is 850. The number of hydrogen-bond acceptors (Lipinski definition) is 1. The van der Waals surface area contributed by atoms with Crippen molar-refractivity contribution in [1.82, 2.24) is 0 Å². The third-order valence-corrected chi connectivity index (χ3v) is 18.5. The number of hydrogen-bond donors (Lipinski definition) is 1. The van der Waals surface area contributed by atoms with E-state index in [4.69, 9.17) is 9.90 Å². The summed E-state index contributed by atoms with van der Waals surface area (Å²) in [5, 5.41) is 7.42. The van der Waals surface area contributed by atoms with Crippen LogP contribution in [-0.2, 0) is 4.79 Å². The molecule has 0 atom stereocenters. The number of aliphatic carboxylic acids is 1. The van der Waals surface area contributed by atoms with Gasteiger partial charge in [-0.3, -0.25) is 4.79 Å². The van der Waals surface area contributed by atoms with E-state index in [1.54, 1.807) is 0 Å². The van der Waals surface area contributed by atoms with Gasteiger partial charge in [0.05, 0.1) is 0 Å². The van der Waals surface area contributed by atoms with Crippen molar-refractivity contribution in [1.29, 1.82) is 0 Å². The Morgan fingerprint density at radius 2 is 0.690 bits per heavy atom. The molecule has 1 N–H and O–H groups in total. The Kier molecular flexibility index (Phi) is 7.27. The first kappa shape index (κ1) is 20.9. The zero-order valence-corrected chi connectivity index (χ0v) is 19.3. The Balaban J connectivity index is 0.000000552. The van der Waals surface area contributed by atoms with E-state index in [0.717, 1.165) is 6.92 Å². The molecular weight excluding hydrogens is 466 g/mol. The van der Waals surface area contributed by atoms with Crippen molar-refractivity contribution in [2.24, 2.45) is 0 Å². The maximum absolute atomic E-state index is 9.00. The zero-order chi connectivity index (χ0) is 20.5. The first-order valence-corrected chi connectivity index (χ1v) is 15.3. The van der Waals surface area contributed by atoms with Crippen molar-refractivity contribution < 1.29 is 9.90 Å². The summed E-state index contributed by atoms with van der Waals surface area (Å²) in [6.07, 6.45) is 0. The fraction of sp³-hybridized carbons (Fsp3) is 0.0385. The van der Waals surface area contributed by atoms with E-state index in [9.17, 15) is 0 Å². The van der Waals surface area contributed by atoms with Crippen LogP contribution >= 0.6 is 0 Å². The van der Waals surface area contributed by atoms with Gasteiger partial charge in [-0.05, 0) is 0 Å². The van der Waals surface area contributed by atoms with Crippen molar-refractivity contribution in [2.75, 3.05) is 0 Å². The number of carbonyl (C=O) groups is 1. The van der Waals surface area contributed by atoms with Crippen LogP contribution in [0.3, 0.4) is 0 Å². The van der Waals surface area contributed by atoms with Crippen molar-refractivity contribution >= 4 is 38.8 Å². The van der Waals surface area contributed by atoms with E-state index >= 15 is 0 Å². The van der Waals surface area contributed by atoms with Gasteiger partial charge in [-0.2, -0.15) is 0 Å². The van der Waals surface area contributed by atoms with Gasteiger partial charge >= 0.3 is 154 Å². The van der Waals surface area contributed by atoms with Crippen molar-refractivity contribution in [3.8, 4) is 0 Å². The van der Waals surface area contributed by atoms with Gasteiger partial charge < -0.3 is 5.11 Å². The van der Waals surface area contributed by atoms with Crippen molar-refractivity contribution in [3.05, 3.63) is 121 Å². The van der Waals surface area contributed by atoms with Crippen molar-refractivity contribution in [3.63, 3.8) is 0 Å². The van der Waals surface area contributed by atoms with E-state index in [1.165, 1.54) is 14.0 Å². The van der Waals surface area contributed by atoms with E-state index in [2.05, 4.69) is 121 Å². The Morgan fingerprint density at radius 1 is 0.517 bits per heavy atom. The van der Waals surface area contributed by atoms with Gasteiger partial charge in [0.1, 0.15) is 0 Å². The standard InChI is InChI=1S/4C6H5.C2H4O2.Sb.H/c4*1-2-4-6-5-3-1;1-2(3)4;;/h4*1-5H;1H3,(H,3,4);;. The summed E-state index contributed by atoms with van der Waals surface area (Å²) in [5.74, 6) is -0.833. The molecule has 0 aliphatic carbocycles. The number of benzene rings is 4. The molecule has 2 nitrogen and oxygen atoms in total. The first-order valence-electron chi connectivity index (χ1n) is 9.57. The molecule has 4 rings (SSSR count). The minimum absolute atomic E-state index is 0.833. The summed E-state index contributed by atoms with van der Waals surface area (Å²) in [4.78, 5) is 9.00. The molecule has 146 valence electrons. The Morgan fingerprint density at radius 3 is 0.862 bits per heavy atom. The third-order valence-electron chi connectivity index (χ3n) is 4.83. The van der Waals surface area contributed by atoms with Gasteiger partial charge in [0.15, 0.2) is 0 Å². The van der Waals surface area contributed by atoms with Crippen LogP contribution in [0, 0.1) is 0 Å². The Hall–Kier alpha value is -2.83. The summed E-state index contributed by atoms with van der Waals surface area (Å²) >= 11 is -3.31. The first-order chi connectivity index (χ1) is 14.2. The summed E-state index contributed by atoms with van der Waals surface area (Å²) in [6.45, 7) is 1.08. The maximum atomic E-state index is 9.00. The monoisotopic (exact) mass is 490 g/mol. The predicted molar refractivity (Wildman–Crippen MR) is 125 cm³/mol. The van der Waals surface area contributed by atoms with Crippen LogP contribution < -0.4 is 14.0 Å². The molecule has 0 unspecified atom stereocenters. The molecule has 0 saturated heterocycles. The van der Waals surface area contributed by atoms with Gasteiger partial charge in [0.25, 0.3) is 5.97 Å². The molecule has 4 aromatic carbocycles. The van der Waals surface area contributed by atoms with Crippen LogP contribution in [0.25, 0.3) is 0 Å². The summed E-state index contributed by atoms with van der Waals surface area (Å²) in [6, 6.07) is 44.4. The van der Waals surface area contributed by atoms with E-state index in [1.807, 2.05) is 0 Å². The molecule has 0 spiro atoms. The zero-order valence-electron chi connectivity index (χ0n) is 16.4. The minimum atomic E-state index is -3.31. The van der Waals surface area contributed by atoms with Crippen molar-refractivity contribution in [2.45, 2.75) is 6.92 Å². The predicted octanol–water partition coefficient (Wildman–Crippen LogP) is 2.89. The van der Waals surface area contributed by atoms with Crippen LogP contribution in [0.4, 0.5) is 0 Å². The average Bonchev–Trinajstić information content (AvgIpc) is 2.77. The van der Waals surface area contributed by atoms with Crippen LogP contribution in [0.5, 0.6) is 0 Å². The van der Waals surface area contributed by atoms with E-state index < -0.39 is 24.8 Å². The molecule has 29 heavy (non-hydrogen) atoms. The number of carboxylic acid groups (broad SMARTS) is 1. The fourth-order valence-corrected chi connectivity index (χ4v) is 17.4. The molecule has 0 fully saturated rings. The van der Waals surface area contributed by atoms with Gasteiger partial charge in [-0.15, -0.1) is 0 Å². The molecule has 0 bridgehead atoms. The van der Waals surface area contributed by atoms with Gasteiger partial charge in [0.2, 0.25) is 0 Å². The van der Waals surface area contributed by atoms with Crippen LogP contribution in [0.2, 0.25) is 0 Å². The number of rotatable bonds is 4. The normalized spacial score (nSPS) is 11.1. The topological polar surface area (TPSA) is 37.3 Å². The SMILES string of the molecule is CC(=O)O.c1cc[c]([SbH]([c]2ccccc2)([c]2ccccc2)[c]2ccccc2)cc1. The van der Waals surface area contributed by atoms with E-state index in [0.29, 0.717) is 0 Å². The molecule has 0 radical (unpaired) electrons. The molecule has 0 amide bonds. The third kappa shape index (κ3) is 4.78. The molecule has 3 heteroatoms. The summed E-state index contributed by atoms with van der Waals surface area (Å²) in [5.41, 5.74) is 0. The number of carboxylic acids is 1. The summed E-state index contributed by atoms with van der Waals surface area (Å²) < 4.78 is 5.95. The molecule has 0 aliphatic rings. The molecule has 0 heterocycles. The quantitative estimate of drug-likeness (QED) is 0.446. The van der Waals surface area contributed by atoms with Gasteiger partial charge in [0, 0.05) is 6.92 Å². The molecule has 4 aromatic rings. The van der Waals surface area contributed by atoms with Crippen LogP contribution in [0.15, 0.2) is 121 Å². The Labute approximate surface area is 176 Å². The van der Waals surface area contributed by atoms with Crippen LogP contribution in [-0.4, -0.2) is 29.9 Å². The second-order valence-corrected chi connectivity index (χ2v) is 17.6. The van der Waals surface area contributed by atoms with Gasteiger partial charge in [-0.25, -0.2) is 0 Å². The average molecular weight is 491 g/mol. The van der Waals surface area contributed by atoms with Crippen LogP contribution in [0.1, 0.15) is 6.92 Å². The fourth-order valence-electron chi connectivity index (χ4n) is 3.75. The van der Waals surface area contributed by atoms with E-state index in [-0.39, 0.29) is 0 Å².